The Bertz CT molecular complexity index is 958. The van der Waals surface area contributed by atoms with E-state index in [-0.39, 0.29) is 11.9 Å². The summed E-state index contributed by atoms with van der Waals surface area (Å²) >= 11 is 7.79. The van der Waals surface area contributed by atoms with Gasteiger partial charge in [0, 0.05) is 22.9 Å². The van der Waals surface area contributed by atoms with Gasteiger partial charge in [-0.15, -0.1) is 16.8 Å². The molecule has 3 rings (SSSR count). The fraction of sp³-hybridized carbons (Fsp3) is 0.190. The summed E-state index contributed by atoms with van der Waals surface area (Å²) in [7, 11) is 0. The Morgan fingerprint density at radius 3 is 2.64 bits per heavy atom. The van der Waals surface area contributed by atoms with Crippen LogP contribution in [-0.4, -0.2) is 20.7 Å². The molecule has 0 saturated carbocycles. The van der Waals surface area contributed by atoms with Crippen LogP contribution in [0, 0.1) is 0 Å². The number of allylic oxidation sites excluding steroid dienone is 1. The SMILES string of the molecule is C=CCn1c(SCc2ccccc2Cl)nnc1[C@@H](C)NC(=O)c1ccccc1. The quantitative estimate of drug-likeness (QED) is 0.422. The molecular formula is C21H21ClN4OS. The summed E-state index contributed by atoms with van der Waals surface area (Å²) in [6, 6.07) is 16.5. The maximum Gasteiger partial charge on any atom is 0.251 e. The zero-order chi connectivity index (χ0) is 19.9. The van der Waals surface area contributed by atoms with E-state index in [1.165, 1.54) is 0 Å². The molecule has 1 aromatic heterocycles. The summed E-state index contributed by atoms with van der Waals surface area (Å²) in [5, 5.41) is 13.1. The van der Waals surface area contributed by atoms with E-state index in [0.717, 1.165) is 15.7 Å². The average molecular weight is 413 g/mol. The van der Waals surface area contributed by atoms with Crippen LogP contribution >= 0.6 is 23.4 Å². The molecule has 0 aliphatic carbocycles. The highest BCUT2D eigenvalue weighted by Gasteiger charge is 2.20. The van der Waals surface area contributed by atoms with Crippen LogP contribution in [0.3, 0.4) is 0 Å². The predicted octanol–water partition coefficient (Wildman–Crippen LogP) is 4.90. The van der Waals surface area contributed by atoms with Gasteiger partial charge in [0.1, 0.15) is 0 Å². The number of hydrogen-bond donors (Lipinski definition) is 1. The molecule has 0 unspecified atom stereocenters. The predicted molar refractivity (Wildman–Crippen MR) is 114 cm³/mol. The number of amides is 1. The number of nitrogens with zero attached hydrogens (tertiary/aromatic N) is 3. The molecular weight excluding hydrogens is 392 g/mol. The summed E-state index contributed by atoms with van der Waals surface area (Å²) in [5.74, 6) is 1.22. The van der Waals surface area contributed by atoms with Crippen molar-refractivity contribution in [2.75, 3.05) is 0 Å². The van der Waals surface area contributed by atoms with Gasteiger partial charge in [0.05, 0.1) is 6.04 Å². The molecule has 0 aliphatic rings. The van der Waals surface area contributed by atoms with E-state index in [2.05, 4.69) is 22.1 Å². The number of hydrogen-bond acceptors (Lipinski definition) is 4. The van der Waals surface area contributed by atoms with Crippen molar-refractivity contribution < 1.29 is 4.79 Å². The molecule has 0 spiro atoms. The van der Waals surface area contributed by atoms with Crippen molar-refractivity contribution in [2.45, 2.75) is 30.4 Å². The summed E-state index contributed by atoms with van der Waals surface area (Å²) in [5.41, 5.74) is 1.65. The number of rotatable bonds is 8. The first kappa shape index (κ1) is 20.2. The smallest absolute Gasteiger partial charge is 0.251 e. The Morgan fingerprint density at radius 2 is 1.93 bits per heavy atom. The monoisotopic (exact) mass is 412 g/mol. The van der Waals surface area contributed by atoms with Crippen LogP contribution in [0.1, 0.15) is 34.7 Å². The summed E-state index contributed by atoms with van der Waals surface area (Å²) in [6.07, 6.45) is 1.79. The minimum atomic E-state index is -0.296. The zero-order valence-corrected chi connectivity index (χ0v) is 17.1. The van der Waals surface area contributed by atoms with E-state index in [4.69, 9.17) is 11.6 Å². The molecule has 28 heavy (non-hydrogen) atoms. The largest absolute Gasteiger partial charge is 0.342 e. The molecule has 0 bridgehead atoms. The number of aromatic nitrogens is 3. The zero-order valence-electron chi connectivity index (χ0n) is 15.5. The second kappa shape index (κ2) is 9.57. The van der Waals surface area contributed by atoms with Gasteiger partial charge >= 0.3 is 0 Å². The van der Waals surface area contributed by atoms with Crippen molar-refractivity contribution in [3.8, 4) is 0 Å². The van der Waals surface area contributed by atoms with E-state index < -0.39 is 0 Å². The second-order valence-corrected chi connectivity index (χ2v) is 7.53. The van der Waals surface area contributed by atoms with E-state index >= 15 is 0 Å². The summed E-state index contributed by atoms with van der Waals surface area (Å²) in [4.78, 5) is 12.4. The molecule has 7 heteroatoms. The highest BCUT2D eigenvalue weighted by molar-refractivity contribution is 7.98. The molecule has 0 fully saturated rings. The Hall–Kier alpha value is -2.57. The average Bonchev–Trinajstić information content (AvgIpc) is 3.11. The lowest BCUT2D eigenvalue weighted by atomic mass is 10.2. The van der Waals surface area contributed by atoms with Gasteiger partial charge in [0.25, 0.3) is 5.91 Å². The second-order valence-electron chi connectivity index (χ2n) is 6.18. The van der Waals surface area contributed by atoms with E-state index in [1.807, 2.05) is 54.0 Å². The number of benzene rings is 2. The molecule has 0 aliphatic heterocycles. The summed E-state index contributed by atoms with van der Waals surface area (Å²) < 4.78 is 1.96. The van der Waals surface area contributed by atoms with Gasteiger partial charge < -0.3 is 9.88 Å². The van der Waals surface area contributed by atoms with Crippen molar-refractivity contribution in [3.63, 3.8) is 0 Å². The minimum Gasteiger partial charge on any atom is -0.342 e. The lowest BCUT2D eigenvalue weighted by Crippen LogP contribution is -2.28. The third kappa shape index (κ3) is 4.82. The van der Waals surface area contributed by atoms with Gasteiger partial charge in [-0.05, 0) is 30.7 Å². The Balaban J connectivity index is 1.75. The van der Waals surface area contributed by atoms with Crippen molar-refractivity contribution in [1.29, 1.82) is 0 Å². The number of carbonyl (C=O) groups excluding carboxylic acids is 1. The van der Waals surface area contributed by atoms with Crippen LogP contribution in [0.4, 0.5) is 0 Å². The lowest BCUT2D eigenvalue weighted by Gasteiger charge is -2.15. The van der Waals surface area contributed by atoms with E-state index in [1.54, 1.807) is 30.0 Å². The van der Waals surface area contributed by atoms with Gasteiger partial charge in [-0.1, -0.05) is 65.8 Å². The molecule has 1 atom stereocenters. The Kier molecular flexibility index (Phi) is 6.90. The van der Waals surface area contributed by atoms with Crippen LogP contribution in [0.2, 0.25) is 5.02 Å². The molecule has 0 saturated heterocycles. The van der Waals surface area contributed by atoms with Crippen molar-refractivity contribution >= 4 is 29.3 Å². The highest BCUT2D eigenvalue weighted by atomic mass is 35.5. The number of halogens is 1. The molecule has 1 N–H and O–H groups in total. The number of nitrogens with one attached hydrogen (secondary N) is 1. The highest BCUT2D eigenvalue weighted by Crippen LogP contribution is 2.27. The maximum atomic E-state index is 12.4. The first-order valence-electron chi connectivity index (χ1n) is 8.86. The van der Waals surface area contributed by atoms with Crippen molar-refractivity contribution in [2.24, 2.45) is 0 Å². The molecule has 144 valence electrons. The fourth-order valence-electron chi connectivity index (χ4n) is 2.72. The first-order chi connectivity index (χ1) is 13.6. The fourth-order valence-corrected chi connectivity index (χ4v) is 3.96. The van der Waals surface area contributed by atoms with Crippen LogP contribution in [0.25, 0.3) is 0 Å². The van der Waals surface area contributed by atoms with Crippen LogP contribution in [0.15, 0.2) is 72.4 Å². The maximum absolute atomic E-state index is 12.4. The van der Waals surface area contributed by atoms with Crippen LogP contribution in [-0.2, 0) is 12.3 Å². The van der Waals surface area contributed by atoms with Crippen LogP contribution in [0.5, 0.6) is 0 Å². The standard InChI is InChI=1S/C21H21ClN4OS/c1-3-13-26-19(15(2)23-20(27)16-9-5-4-6-10-16)24-25-21(26)28-14-17-11-7-8-12-18(17)22/h3-12,15H,1,13-14H2,2H3,(H,23,27)/t15-/m1/s1. The van der Waals surface area contributed by atoms with Gasteiger partial charge in [0.2, 0.25) is 0 Å². The molecule has 1 amide bonds. The van der Waals surface area contributed by atoms with E-state index in [0.29, 0.717) is 23.7 Å². The normalized spacial score (nSPS) is 11.8. The van der Waals surface area contributed by atoms with Gasteiger partial charge in [-0.25, -0.2) is 0 Å². The minimum absolute atomic E-state index is 0.147. The van der Waals surface area contributed by atoms with Gasteiger partial charge in [0.15, 0.2) is 11.0 Å². The van der Waals surface area contributed by atoms with Gasteiger partial charge in [-0.2, -0.15) is 0 Å². The number of carbonyl (C=O) groups is 1. The van der Waals surface area contributed by atoms with Crippen molar-refractivity contribution in [3.05, 3.63) is 89.2 Å². The molecule has 5 nitrogen and oxygen atoms in total. The Labute approximate surface area is 173 Å². The Morgan fingerprint density at radius 1 is 1.21 bits per heavy atom. The first-order valence-corrected chi connectivity index (χ1v) is 10.2. The topological polar surface area (TPSA) is 59.8 Å². The van der Waals surface area contributed by atoms with Crippen molar-refractivity contribution in [1.82, 2.24) is 20.1 Å². The van der Waals surface area contributed by atoms with E-state index in [9.17, 15) is 4.79 Å². The summed E-state index contributed by atoms with van der Waals surface area (Å²) in [6.45, 7) is 6.27. The third-order valence-corrected chi connectivity index (χ3v) is 5.53. The van der Waals surface area contributed by atoms with Crippen LogP contribution < -0.4 is 5.32 Å². The molecule has 2 aromatic carbocycles. The molecule has 3 aromatic rings. The van der Waals surface area contributed by atoms with Gasteiger partial charge in [-0.3, -0.25) is 4.79 Å². The third-order valence-electron chi connectivity index (χ3n) is 4.14. The molecule has 1 heterocycles. The number of thioether (sulfide) groups is 1. The molecule has 0 radical (unpaired) electrons. The lowest BCUT2D eigenvalue weighted by molar-refractivity contribution is 0.0937.